The fourth-order valence-corrected chi connectivity index (χ4v) is 3.09. The highest BCUT2D eigenvalue weighted by atomic mass is 16.3. The summed E-state index contributed by atoms with van der Waals surface area (Å²) in [6.07, 6.45) is 7.59. The summed E-state index contributed by atoms with van der Waals surface area (Å²) < 4.78 is 0. The standard InChI is InChI=1S/C15H30N2O/c1-4-9-17(14-7-8-14)12(2)10-15(3,11-18)16-13-5-6-13/h12-14,16,18H,4-11H2,1-3H3. The zero-order valence-electron chi connectivity index (χ0n) is 12.3. The van der Waals surface area contributed by atoms with Crippen LogP contribution in [0, 0.1) is 0 Å². The van der Waals surface area contributed by atoms with Crippen molar-refractivity contribution in [1.82, 2.24) is 10.2 Å². The van der Waals surface area contributed by atoms with Crippen LogP contribution in [-0.4, -0.2) is 46.8 Å². The van der Waals surface area contributed by atoms with E-state index < -0.39 is 0 Å². The van der Waals surface area contributed by atoms with Gasteiger partial charge in [-0.15, -0.1) is 0 Å². The molecule has 3 nitrogen and oxygen atoms in total. The molecule has 0 bridgehead atoms. The van der Waals surface area contributed by atoms with Gasteiger partial charge in [0.25, 0.3) is 0 Å². The van der Waals surface area contributed by atoms with Gasteiger partial charge in [-0.1, -0.05) is 6.92 Å². The van der Waals surface area contributed by atoms with Crippen LogP contribution in [0.15, 0.2) is 0 Å². The van der Waals surface area contributed by atoms with Crippen molar-refractivity contribution in [3.05, 3.63) is 0 Å². The van der Waals surface area contributed by atoms with Gasteiger partial charge in [-0.3, -0.25) is 4.90 Å². The number of aliphatic hydroxyl groups excluding tert-OH is 1. The Morgan fingerprint density at radius 3 is 2.44 bits per heavy atom. The Hall–Kier alpha value is -0.120. The molecule has 2 saturated carbocycles. The number of hydrogen-bond acceptors (Lipinski definition) is 3. The highest BCUT2D eigenvalue weighted by Gasteiger charge is 2.37. The molecule has 0 aromatic rings. The Kier molecular flexibility index (Phi) is 4.68. The molecule has 0 aromatic heterocycles. The zero-order valence-corrected chi connectivity index (χ0v) is 12.3. The predicted molar refractivity (Wildman–Crippen MR) is 75.7 cm³/mol. The fourth-order valence-electron chi connectivity index (χ4n) is 3.09. The van der Waals surface area contributed by atoms with Crippen molar-refractivity contribution in [3.8, 4) is 0 Å². The van der Waals surface area contributed by atoms with E-state index in [1.807, 2.05) is 0 Å². The quantitative estimate of drug-likeness (QED) is 0.662. The molecule has 0 heterocycles. The lowest BCUT2D eigenvalue weighted by molar-refractivity contribution is 0.109. The van der Waals surface area contributed by atoms with Gasteiger partial charge in [-0.25, -0.2) is 0 Å². The van der Waals surface area contributed by atoms with Gasteiger partial charge in [-0.2, -0.15) is 0 Å². The van der Waals surface area contributed by atoms with Crippen molar-refractivity contribution in [2.75, 3.05) is 13.2 Å². The topological polar surface area (TPSA) is 35.5 Å². The highest BCUT2D eigenvalue weighted by Crippen LogP contribution is 2.32. The maximum absolute atomic E-state index is 9.70. The van der Waals surface area contributed by atoms with Gasteiger partial charge in [0.2, 0.25) is 0 Å². The molecule has 2 N–H and O–H groups in total. The lowest BCUT2D eigenvalue weighted by atomic mass is 9.93. The van der Waals surface area contributed by atoms with E-state index in [4.69, 9.17) is 0 Å². The Balaban J connectivity index is 1.87. The molecule has 0 aliphatic heterocycles. The molecule has 0 spiro atoms. The van der Waals surface area contributed by atoms with Crippen LogP contribution in [0.3, 0.4) is 0 Å². The van der Waals surface area contributed by atoms with Crippen molar-refractivity contribution < 1.29 is 5.11 Å². The van der Waals surface area contributed by atoms with Crippen LogP contribution in [0.5, 0.6) is 0 Å². The van der Waals surface area contributed by atoms with Crippen LogP contribution in [0.4, 0.5) is 0 Å². The number of rotatable bonds is 9. The van der Waals surface area contributed by atoms with Crippen molar-refractivity contribution in [2.24, 2.45) is 0 Å². The summed E-state index contributed by atoms with van der Waals surface area (Å²) in [7, 11) is 0. The second kappa shape index (κ2) is 5.89. The Bertz CT molecular complexity index is 263. The van der Waals surface area contributed by atoms with E-state index in [-0.39, 0.29) is 12.1 Å². The SMILES string of the molecule is CCCN(C(C)CC(C)(CO)NC1CC1)C1CC1. The van der Waals surface area contributed by atoms with Crippen molar-refractivity contribution in [3.63, 3.8) is 0 Å². The van der Waals surface area contributed by atoms with Gasteiger partial charge in [0, 0.05) is 23.7 Å². The second-order valence-corrected chi connectivity index (χ2v) is 6.66. The molecule has 2 aliphatic rings. The summed E-state index contributed by atoms with van der Waals surface area (Å²) in [6, 6.07) is 2.06. The number of nitrogens with zero attached hydrogens (tertiary/aromatic N) is 1. The first-order valence-corrected chi connectivity index (χ1v) is 7.72. The molecule has 2 fully saturated rings. The highest BCUT2D eigenvalue weighted by molar-refractivity contribution is 4.96. The molecule has 106 valence electrons. The lowest BCUT2D eigenvalue weighted by Gasteiger charge is -2.37. The maximum Gasteiger partial charge on any atom is 0.0611 e. The third-order valence-electron chi connectivity index (χ3n) is 4.29. The summed E-state index contributed by atoms with van der Waals surface area (Å²) in [5, 5.41) is 13.3. The van der Waals surface area contributed by atoms with Crippen molar-refractivity contribution in [1.29, 1.82) is 0 Å². The van der Waals surface area contributed by atoms with E-state index >= 15 is 0 Å². The third-order valence-corrected chi connectivity index (χ3v) is 4.29. The van der Waals surface area contributed by atoms with Gasteiger partial charge >= 0.3 is 0 Å². The first kappa shape index (κ1) is 14.3. The molecule has 0 aromatic carbocycles. The molecule has 0 amide bonds. The smallest absolute Gasteiger partial charge is 0.0611 e. The average Bonchev–Trinajstić information content (AvgIpc) is 3.19. The number of hydrogen-bond donors (Lipinski definition) is 2. The molecule has 2 unspecified atom stereocenters. The van der Waals surface area contributed by atoms with Gasteiger partial charge in [0.05, 0.1) is 6.61 Å². The third kappa shape index (κ3) is 3.94. The Labute approximate surface area is 112 Å². The number of nitrogens with one attached hydrogen (secondary N) is 1. The minimum atomic E-state index is -0.0958. The van der Waals surface area contributed by atoms with E-state index in [2.05, 4.69) is 31.0 Å². The summed E-state index contributed by atoms with van der Waals surface area (Å²) in [6.45, 7) is 8.22. The van der Waals surface area contributed by atoms with Gasteiger partial charge in [0.1, 0.15) is 0 Å². The minimum absolute atomic E-state index is 0.0958. The monoisotopic (exact) mass is 254 g/mol. The average molecular weight is 254 g/mol. The minimum Gasteiger partial charge on any atom is -0.394 e. The lowest BCUT2D eigenvalue weighted by Crippen LogP contribution is -2.52. The largest absolute Gasteiger partial charge is 0.394 e. The van der Waals surface area contributed by atoms with E-state index in [9.17, 15) is 5.11 Å². The first-order valence-electron chi connectivity index (χ1n) is 7.72. The van der Waals surface area contributed by atoms with Gasteiger partial charge in [0.15, 0.2) is 0 Å². The van der Waals surface area contributed by atoms with Crippen LogP contribution in [0.2, 0.25) is 0 Å². The van der Waals surface area contributed by atoms with Crippen molar-refractivity contribution in [2.45, 2.75) is 83.0 Å². The van der Waals surface area contributed by atoms with Crippen LogP contribution in [0.1, 0.15) is 59.3 Å². The fraction of sp³-hybridized carbons (Fsp3) is 1.00. The molecule has 3 heteroatoms. The predicted octanol–water partition coefficient (Wildman–Crippen LogP) is 2.14. The molecule has 2 atom stereocenters. The Morgan fingerprint density at radius 1 is 1.33 bits per heavy atom. The normalized spacial score (nSPS) is 25.2. The second-order valence-electron chi connectivity index (χ2n) is 6.66. The summed E-state index contributed by atoms with van der Waals surface area (Å²) in [5.41, 5.74) is -0.0958. The molecule has 18 heavy (non-hydrogen) atoms. The van der Waals surface area contributed by atoms with Crippen LogP contribution in [-0.2, 0) is 0 Å². The van der Waals surface area contributed by atoms with Gasteiger partial charge < -0.3 is 10.4 Å². The van der Waals surface area contributed by atoms with Crippen LogP contribution in [0.25, 0.3) is 0 Å². The molecule has 0 saturated heterocycles. The summed E-state index contributed by atoms with van der Waals surface area (Å²) in [5.74, 6) is 0. The molecule has 0 radical (unpaired) electrons. The zero-order chi connectivity index (χ0) is 13.2. The summed E-state index contributed by atoms with van der Waals surface area (Å²) >= 11 is 0. The first-order chi connectivity index (χ1) is 8.58. The maximum atomic E-state index is 9.70. The molecular weight excluding hydrogens is 224 g/mol. The van der Waals surface area contributed by atoms with E-state index in [1.54, 1.807) is 0 Å². The summed E-state index contributed by atoms with van der Waals surface area (Å²) in [4.78, 5) is 2.66. The van der Waals surface area contributed by atoms with Crippen molar-refractivity contribution >= 4 is 0 Å². The van der Waals surface area contributed by atoms with E-state index in [0.717, 1.165) is 12.5 Å². The van der Waals surface area contributed by atoms with E-state index in [0.29, 0.717) is 12.1 Å². The van der Waals surface area contributed by atoms with Crippen LogP contribution >= 0.6 is 0 Å². The molecule has 2 rings (SSSR count). The Morgan fingerprint density at radius 2 is 2.00 bits per heavy atom. The number of aliphatic hydroxyl groups is 1. The van der Waals surface area contributed by atoms with Crippen LogP contribution < -0.4 is 5.32 Å². The molecular formula is C15H30N2O. The van der Waals surface area contributed by atoms with Gasteiger partial charge in [-0.05, 0) is 58.9 Å². The molecule has 2 aliphatic carbocycles. The van der Waals surface area contributed by atoms with E-state index in [1.165, 1.54) is 38.6 Å².